The van der Waals surface area contributed by atoms with Crippen LogP contribution in [0.4, 0.5) is 5.69 Å². The number of sulfone groups is 1. The third kappa shape index (κ3) is 4.80. The molecule has 0 spiro atoms. The van der Waals surface area contributed by atoms with Crippen LogP contribution in [0.25, 0.3) is 0 Å². The maximum Gasteiger partial charge on any atom is 0.309 e. The first-order valence-corrected chi connectivity index (χ1v) is 12.7. The average molecular weight is 472 g/mol. The molecule has 2 aliphatic rings. The molecule has 0 unspecified atom stereocenters. The Morgan fingerprint density at radius 3 is 2.45 bits per heavy atom. The van der Waals surface area contributed by atoms with E-state index < -0.39 is 21.2 Å². The zero-order valence-corrected chi connectivity index (χ0v) is 19.2. The molecule has 3 heterocycles. The molecule has 10 heteroatoms. The fraction of sp³-hybridized carbons (Fsp3) is 0.435. The number of pyridine rings is 1. The van der Waals surface area contributed by atoms with E-state index in [2.05, 4.69) is 9.88 Å². The predicted octanol–water partition coefficient (Wildman–Crippen LogP) is 1.87. The first-order chi connectivity index (χ1) is 15.7. The van der Waals surface area contributed by atoms with Crippen molar-refractivity contribution in [1.82, 2.24) is 9.88 Å². The number of hydrogen-bond donors (Lipinski definition) is 3. The van der Waals surface area contributed by atoms with Crippen molar-refractivity contribution in [2.75, 3.05) is 30.3 Å². The number of carboxylic acid groups (broad SMARTS) is 1. The van der Waals surface area contributed by atoms with Crippen LogP contribution in [-0.2, 0) is 27.6 Å². The molecule has 2 aliphatic heterocycles. The summed E-state index contributed by atoms with van der Waals surface area (Å²) in [5.41, 5.74) is 7.43. The van der Waals surface area contributed by atoms with Gasteiger partial charge in [0.2, 0.25) is 0 Å². The van der Waals surface area contributed by atoms with Crippen molar-refractivity contribution in [2.24, 2.45) is 11.1 Å². The van der Waals surface area contributed by atoms with Gasteiger partial charge in [0.25, 0.3) is 0 Å². The summed E-state index contributed by atoms with van der Waals surface area (Å²) in [6.07, 6.45) is 4.96. The Kier molecular flexibility index (Phi) is 6.29. The van der Waals surface area contributed by atoms with Crippen molar-refractivity contribution < 1.29 is 18.3 Å². The molecule has 0 aliphatic carbocycles. The van der Waals surface area contributed by atoms with Gasteiger partial charge in [0.1, 0.15) is 0 Å². The number of nitrogens with zero attached hydrogens (tertiary/aromatic N) is 3. The molecule has 33 heavy (non-hydrogen) atoms. The number of anilines is 1. The van der Waals surface area contributed by atoms with Crippen molar-refractivity contribution in [3.63, 3.8) is 0 Å². The maximum atomic E-state index is 13.1. The Labute approximate surface area is 193 Å². The summed E-state index contributed by atoms with van der Waals surface area (Å²) in [4.78, 5) is 20.2. The van der Waals surface area contributed by atoms with Gasteiger partial charge in [-0.05, 0) is 61.1 Å². The van der Waals surface area contributed by atoms with E-state index in [9.17, 15) is 18.3 Å². The van der Waals surface area contributed by atoms with Gasteiger partial charge in [-0.15, -0.1) is 0 Å². The van der Waals surface area contributed by atoms with Crippen LogP contribution in [0.3, 0.4) is 0 Å². The van der Waals surface area contributed by atoms with Crippen LogP contribution in [0.5, 0.6) is 0 Å². The van der Waals surface area contributed by atoms with Crippen LogP contribution in [-0.4, -0.2) is 60.7 Å². The van der Waals surface area contributed by atoms with Gasteiger partial charge in [-0.1, -0.05) is 6.07 Å². The third-order valence-corrected chi connectivity index (χ3v) is 8.65. The molecule has 1 aromatic heterocycles. The number of rotatable bonds is 6. The van der Waals surface area contributed by atoms with Crippen LogP contribution in [0.2, 0.25) is 0 Å². The zero-order chi connectivity index (χ0) is 23.6. The Morgan fingerprint density at radius 1 is 1.12 bits per heavy atom. The molecule has 4 N–H and O–H groups in total. The summed E-state index contributed by atoms with van der Waals surface area (Å²) in [5.74, 6) is -1.19. The minimum Gasteiger partial charge on any atom is -0.481 e. The summed E-state index contributed by atoms with van der Waals surface area (Å²) >= 11 is 0. The molecule has 0 radical (unpaired) electrons. The molecule has 0 bridgehead atoms. The molecule has 4 rings (SSSR count). The topological polar surface area (TPSA) is 141 Å². The summed E-state index contributed by atoms with van der Waals surface area (Å²) in [5, 5.41) is 17.6. The first-order valence-electron chi connectivity index (χ1n) is 11.0. The van der Waals surface area contributed by atoms with Gasteiger partial charge in [-0.2, -0.15) is 0 Å². The van der Waals surface area contributed by atoms with Gasteiger partial charge in [0.05, 0.1) is 16.1 Å². The van der Waals surface area contributed by atoms with E-state index in [1.165, 1.54) is 0 Å². The normalized spacial score (nSPS) is 17.9. The Balaban J connectivity index is 1.46. The van der Waals surface area contributed by atoms with Crippen LogP contribution in [0.1, 0.15) is 30.4 Å². The standard InChI is InChI=1S/C23H29N5O4S/c24-22(25)28-11-5-17-1-2-20(15-18(17)16-28)33(31,32)14-8-23(21(29)30)6-12-27(13-7-23)19-3-9-26-10-4-19/h1-4,9-10,15H,5-8,11-14,16H2,(H3,24,25)(H,29,30). The number of nitrogens with two attached hydrogens (primary N) is 1. The highest BCUT2D eigenvalue weighted by Gasteiger charge is 2.42. The minimum absolute atomic E-state index is 0.0320. The summed E-state index contributed by atoms with van der Waals surface area (Å²) in [7, 11) is -3.66. The largest absolute Gasteiger partial charge is 0.481 e. The lowest BCUT2D eigenvalue weighted by Gasteiger charge is -2.40. The van der Waals surface area contributed by atoms with Crippen LogP contribution >= 0.6 is 0 Å². The average Bonchev–Trinajstić information content (AvgIpc) is 2.83. The van der Waals surface area contributed by atoms with Crippen molar-refractivity contribution in [3.05, 3.63) is 53.9 Å². The van der Waals surface area contributed by atoms with Gasteiger partial charge < -0.3 is 20.6 Å². The highest BCUT2D eigenvalue weighted by Crippen LogP contribution is 2.38. The molecule has 1 aromatic carbocycles. The fourth-order valence-corrected chi connectivity index (χ4v) is 6.19. The lowest BCUT2D eigenvalue weighted by molar-refractivity contribution is -0.150. The lowest BCUT2D eigenvalue weighted by atomic mass is 9.76. The van der Waals surface area contributed by atoms with E-state index in [0.29, 0.717) is 45.4 Å². The number of nitrogens with one attached hydrogen (secondary N) is 1. The molecule has 9 nitrogen and oxygen atoms in total. The monoisotopic (exact) mass is 471 g/mol. The number of carboxylic acids is 1. The number of benzene rings is 1. The van der Waals surface area contributed by atoms with E-state index in [-0.39, 0.29) is 23.0 Å². The van der Waals surface area contributed by atoms with Gasteiger partial charge in [0.15, 0.2) is 15.8 Å². The molecule has 0 amide bonds. The van der Waals surface area contributed by atoms with E-state index in [4.69, 9.17) is 11.1 Å². The predicted molar refractivity (Wildman–Crippen MR) is 125 cm³/mol. The minimum atomic E-state index is -3.66. The van der Waals surface area contributed by atoms with Gasteiger partial charge >= 0.3 is 5.97 Å². The molecule has 1 saturated heterocycles. The molecule has 2 aromatic rings. The first kappa shape index (κ1) is 23.0. The number of hydrogen-bond acceptors (Lipinski definition) is 6. The van der Waals surface area contributed by atoms with Crippen molar-refractivity contribution in [1.29, 1.82) is 5.41 Å². The van der Waals surface area contributed by atoms with Gasteiger partial charge in [-0.25, -0.2) is 8.42 Å². The molecular formula is C23H29N5O4S. The quantitative estimate of drug-likeness (QED) is 0.428. The zero-order valence-electron chi connectivity index (χ0n) is 18.4. The Bertz CT molecular complexity index is 1140. The number of piperidine rings is 1. The highest BCUT2D eigenvalue weighted by atomic mass is 32.2. The number of guanidine groups is 1. The molecule has 0 saturated carbocycles. The second-order valence-corrected chi connectivity index (χ2v) is 10.9. The van der Waals surface area contributed by atoms with Crippen molar-refractivity contribution in [3.8, 4) is 0 Å². The Morgan fingerprint density at radius 2 is 1.82 bits per heavy atom. The van der Waals surface area contributed by atoms with E-state index >= 15 is 0 Å². The van der Waals surface area contributed by atoms with E-state index in [0.717, 1.165) is 16.8 Å². The van der Waals surface area contributed by atoms with Crippen LogP contribution in [0.15, 0.2) is 47.6 Å². The number of aliphatic carboxylic acids is 1. The van der Waals surface area contributed by atoms with Crippen molar-refractivity contribution in [2.45, 2.75) is 37.1 Å². The number of carbonyl (C=O) groups is 1. The lowest BCUT2D eigenvalue weighted by Crippen LogP contribution is -2.45. The number of fused-ring (bicyclic) bond motifs is 1. The van der Waals surface area contributed by atoms with Gasteiger partial charge in [0, 0.05) is 44.3 Å². The van der Waals surface area contributed by atoms with E-state index in [1.54, 1.807) is 29.4 Å². The summed E-state index contributed by atoms with van der Waals surface area (Å²) < 4.78 is 26.3. The molecule has 1 fully saturated rings. The molecule has 0 atom stereocenters. The SMILES string of the molecule is N=C(N)N1CCc2ccc(S(=O)(=O)CCC3(C(=O)O)CCN(c4ccncc4)CC3)cc2C1. The van der Waals surface area contributed by atoms with Crippen molar-refractivity contribution >= 4 is 27.5 Å². The van der Waals surface area contributed by atoms with Gasteiger partial charge in [-0.3, -0.25) is 15.2 Å². The second kappa shape index (κ2) is 9.01. The van der Waals surface area contributed by atoms with E-state index in [1.807, 2.05) is 18.2 Å². The fourth-order valence-electron chi connectivity index (χ4n) is 4.70. The molecular weight excluding hydrogens is 442 g/mol. The highest BCUT2D eigenvalue weighted by molar-refractivity contribution is 7.91. The maximum absolute atomic E-state index is 13.1. The smallest absolute Gasteiger partial charge is 0.309 e. The molecule has 176 valence electrons. The number of aromatic nitrogens is 1. The Hall–Kier alpha value is -3.14. The van der Waals surface area contributed by atoms with Crippen LogP contribution < -0.4 is 10.6 Å². The second-order valence-electron chi connectivity index (χ2n) is 8.83. The van der Waals surface area contributed by atoms with Crippen LogP contribution in [0, 0.1) is 10.8 Å². The summed E-state index contributed by atoms with van der Waals surface area (Å²) in [6.45, 7) is 2.14. The third-order valence-electron chi connectivity index (χ3n) is 6.94. The summed E-state index contributed by atoms with van der Waals surface area (Å²) in [6, 6.07) is 8.86.